The zero-order valence-corrected chi connectivity index (χ0v) is 10.4. The summed E-state index contributed by atoms with van der Waals surface area (Å²) in [4.78, 5) is 12.0. The molecule has 2 aromatic rings. The smallest absolute Gasteiger partial charge is 0.245 e. The molecule has 0 aliphatic heterocycles. The van der Waals surface area contributed by atoms with E-state index in [2.05, 4.69) is 10.4 Å². The highest BCUT2D eigenvalue weighted by atomic mass is 16.2. The summed E-state index contributed by atoms with van der Waals surface area (Å²) < 4.78 is 1.65. The average Bonchev–Trinajstić information content (AvgIpc) is 2.68. The molecule has 3 N–H and O–H groups in total. The number of benzene rings is 1. The molecule has 0 saturated carbocycles. The first kappa shape index (κ1) is 12.3. The van der Waals surface area contributed by atoms with Crippen molar-refractivity contribution in [2.24, 2.45) is 12.8 Å². The van der Waals surface area contributed by atoms with Crippen molar-refractivity contribution < 1.29 is 4.79 Å². The molecule has 1 atom stereocenters. The van der Waals surface area contributed by atoms with Crippen LogP contribution in [-0.4, -0.2) is 15.7 Å². The van der Waals surface area contributed by atoms with Crippen LogP contribution in [0.2, 0.25) is 0 Å². The molecule has 0 aliphatic rings. The lowest BCUT2D eigenvalue weighted by Gasteiger charge is -2.11. The highest BCUT2D eigenvalue weighted by Crippen LogP contribution is 2.15. The van der Waals surface area contributed by atoms with E-state index < -0.39 is 6.04 Å². The Labute approximate surface area is 106 Å². The van der Waals surface area contributed by atoms with E-state index in [0.717, 1.165) is 11.3 Å². The van der Waals surface area contributed by atoms with E-state index in [0.29, 0.717) is 5.69 Å². The van der Waals surface area contributed by atoms with Crippen LogP contribution in [0.5, 0.6) is 0 Å². The van der Waals surface area contributed by atoms with Gasteiger partial charge in [-0.3, -0.25) is 9.48 Å². The monoisotopic (exact) mass is 244 g/mol. The normalized spacial score (nSPS) is 12.2. The van der Waals surface area contributed by atoms with E-state index in [9.17, 15) is 4.79 Å². The Morgan fingerprint density at radius 2 is 2.06 bits per heavy atom. The van der Waals surface area contributed by atoms with Crippen LogP contribution in [0.25, 0.3) is 0 Å². The van der Waals surface area contributed by atoms with Crippen LogP contribution >= 0.6 is 0 Å². The van der Waals surface area contributed by atoms with Gasteiger partial charge in [-0.05, 0) is 12.5 Å². The number of amides is 1. The molecule has 0 fully saturated rings. The highest BCUT2D eigenvalue weighted by Gasteiger charge is 2.17. The van der Waals surface area contributed by atoms with Crippen molar-refractivity contribution in [3.05, 3.63) is 47.8 Å². The molecule has 1 amide bonds. The second-order valence-corrected chi connectivity index (χ2v) is 4.18. The number of carbonyl (C=O) groups excluding carboxylic acids is 1. The molecule has 18 heavy (non-hydrogen) atoms. The third kappa shape index (κ3) is 2.57. The number of aromatic nitrogens is 2. The Kier molecular flexibility index (Phi) is 3.43. The van der Waals surface area contributed by atoms with Crippen molar-refractivity contribution in [1.82, 2.24) is 9.78 Å². The fourth-order valence-corrected chi connectivity index (χ4v) is 1.74. The summed E-state index contributed by atoms with van der Waals surface area (Å²) in [5.41, 5.74) is 8.15. The Morgan fingerprint density at radius 1 is 1.39 bits per heavy atom. The van der Waals surface area contributed by atoms with Gasteiger partial charge in [0, 0.05) is 13.2 Å². The molecule has 1 aromatic carbocycles. The molecule has 5 nitrogen and oxygen atoms in total. The number of anilines is 1. The van der Waals surface area contributed by atoms with Gasteiger partial charge < -0.3 is 11.1 Å². The van der Waals surface area contributed by atoms with Crippen LogP contribution in [0.4, 0.5) is 5.69 Å². The van der Waals surface area contributed by atoms with Gasteiger partial charge in [0.2, 0.25) is 5.91 Å². The van der Waals surface area contributed by atoms with E-state index in [1.807, 2.05) is 37.3 Å². The van der Waals surface area contributed by atoms with E-state index in [-0.39, 0.29) is 5.91 Å². The molecule has 1 aromatic heterocycles. The van der Waals surface area contributed by atoms with Crippen molar-refractivity contribution in [2.45, 2.75) is 13.0 Å². The van der Waals surface area contributed by atoms with Gasteiger partial charge in [-0.2, -0.15) is 5.10 Å². The van der Waals surface area contributed by atoms with E-state index >= 15 is 0 Å². The first-order chi connectivity index (χ1) is 8.58. The predicted octanol–water partition coefficient (Wildman–Crippen LogP) is 1.37. The van der Waals surface area contributed by atoms with Crippen LogP contribution in [0.3, 0.4) is 0 Å². The highest BCUT2D eigenvalue weighted by molar-refractivity contribution is 5.95. The summed E-state index contributed by atoms with van der Waals surface area (Å²) in [6.45, 7) is 1.84. The van der Waals surface area contributed by atoms with Gasteiger partial charge in [-0.1, -0.05) is 30.3 Å². The predicted molar refractivity (Wildman–Crippen MR) is 69.9 cm³/mol. The second kappa shape index (κ2) is 5.01. The molecule has 0 unspecified atom stereocenters. The molecule has 0 spiro atoms. The Morgan fingerprint density at radius 3 is 2.61 bits per heavy atom. The summed E-state index contributed by atoms with van der Waals surface area (Å²) in [6.07, 6.45) is 1.75. The van der Waals surface area contributed by atoms with Gasteiger partial charge in [0.15, 0.2) is 0 Å². The Balaban J connectivity index is 2.11. The van der Waals surface area contributed by atoms with Crippen molar-refractivity contribution in [3.63, 3.8) is 0 Å². The molecule has 2 rings (SSSR count). The topological polar surface area (TPSA) is 72.9 Å². The fraction of sp³-hybridized carbons (Fsp3) is 0.231. The number of hydrogen-bond donors (Lipinski definition) is 2. The molecule has 1 heterocycles. The lowest BCUT2D eigenvalue weighted by Crippen LogP contribution is -2.27. The molecule has 0 radical (unpaired) electrons. The summed E-state index contributed by atoms with van der Waals surface area (Å²) >= 11 is 0. The van der Waals surface area contributed by atoms with E-state index in [1.165, 1.54) is 0 Å². The summed E-state index contributed by atoms with van der Waals surface area (Å²) in [5, 5.41) is 6.94. The molecule has 94 valence electrons. The zero-order valence-electron chi connectivity index (χ0n) is 10.4. The van der Waals surface area contributed by atoms with Gasteiger partial charge in [0.1, 0.15) is 6.04 Å². The van der Waals surface area contributed by atoms with Crippen LogP contribution < -0.4 is 11.1 Å². The minimum atomic E-state index is -0.675. The minimum Gasteiger partial charge on any atom is -0.322 e. The zero-order chi connectivity index (χ0) is 13.1. The Bertz CT molecular complexity index is 547. The maximum atomic E-state index is 12.0. The maximum Gasteiger partial charge on any atom is 0.245 e. The number of nitrogens with one attached hydrogen (secondary N) is 1. The van der Waals surface area contributed by atoms with Crippen LogP contribution in [0.1, 0.15) is 17.3 Å². The molecule has 0 bridgehead atoms. The van der Waals surface area contributed by atoms with Crippen molar-refractivity contribution in [3.8, 4) is 0 Å². The summed E-state index contributed by atoms with van der Waals surface area (Å²) in [5.74, 6) is -0.239. The van der Waals surface area contributed by atoms with E-state index in [1.54, 1.807) is 17.9 Å². The van der Waals surface area contributed by atoms with E-state index in [4.69, 9.17) is 5.73 Å². The third-order valence-electron chi connectivity index (χ3n) is 2.71. The molecular weight excluding hydrogens is 228 g/mol. The molecule has 0 saturated heterocycles. The van der Waals surface area contributed by atoms with Gasteiger partial charge in [-0.15, -0.1) is 0 Å². The van der Waals surface area contributed by atoms with Gasteiger partial charge in [-0.25, -0.2) is 0 Å². The van der Waals surface area contributed by atoms with Crippen molar-refractivity contribution in [1.29, 1.82) is 0 Å². The lowest BCUT2D eigenvalue weighted by atomic mass is 10.1. The first-order valence-electron chi connectivity index (χ1n) is 5.69. The quantitative estimate of drug-likeness (QED) is 0.856. The summed E-state index contributed by atoms with van der Waals surface area (Å²) in [6, 6.07) is 8.60. The third-order valence-corrected chi connectivity index (χ3v) is 2.71. The van der Waals surface area contributed by atoms with Crippen LogP contribution in [-0.2, 0) is 11.8 Å². The number of nitrogens with zero attached hydrogens (tertiary/aromatic N) is 2. The van der Waals surface area contributed by atoms with Crippen molar-refractivity contribution in [2.75, 3.05) is 5.32 Å². The number of rotatable bonds is 3. The van der Waals surface area contributed by atoms with Gasteiger partial charge >= 0.3 is 0 Å². The SMILES string of the molecule is Cc1nn(C)cc1NC(=O)[C@@H](N)c1ccccc1. The largest absolute Gasteiger partial charge is 0.322 e. The summed E-state index contributed by atoms with van der Waals surface area (Å²) in [7, 11) is 1.81. The Hall–Kier alpha value is -2.14. The standard InChI is InChI=1S/C13H16N4O/c1-9-11(8-17(2)16-9)15-13(18)12(14)10-6-4-3-5-7-10/h3-8,12H,14H2,1-2H3,(H,15,18)/t12-/m0/s1. The minimum absolute atomic E-state index is 0.239. The molecule has 5 heteroatoms. The van der Waals surface area contributed by atoms with Crippen LogP contribution in [0.15, 0.2) is 36.5 Å². The van der Waals surface area contributed by atoms with Crippen molar-refractivity contribution >= 4 is 11.6 Å². The first-order valence-corrected chi connectivity index (χ1v) is 5.69. The molecule has 0 aliphatic carbocycles. The lowest BCUT2D eigenvalue weighted by molar-refractivity contribution is -0.117. The number of aryl methyl sites for hydroxylation is 2. The van der Waals surface area contributed by atoms with Gasteiger partial charge in [0.05, 0.1) is 11.4 Å². The maximum absolute atomic E-state index is 12.0. The number of carbonyl (C=O) groups is 1. The number of hydrogen-bond acceptors (Lipinski definition) is 3. The van der Waals surface area contributed by atoms with Gasteiger partial charge in [0.25, 0.3) is 0 Å². The van der Waals surface area contributed by atoms with Crippen LogP contribution in [0, 0.1) is 6.92 Å². The molecular formula is C13H16N4O. The average molecular weight is 244 g/mol. The number of nitrogens with two attached hydrogens (primary N) is 1. The second-order valence-electron chi connectivity index (χ2n) is 4.18. The fourth-order valence-electron chi connectivity index (χ4n) is 1.74.